The molecule has 0 aromatic heterocycles. The number of hydrogen-bond donors (Lipinski definition) is 0. The Hall–Kier alpha value is -2.89. The molecule has 7 rings (SSSR count). The first kappa shape index (κ1) is 20.4. The summed E-state index contributed by atoms with van der Waals surface area (Å²) in [6, 6.07) is 11.9. The van der Waals surface area contributed by atoms with Crippen LogP contribution in [0.4, 0.5) is 0 Å². The van der Waals surface area contributed by atoms with Gasteiger partial charge in [0.2, 0.25) is 0 Å². The van der Waals surface area contributed by atoms with Crippen molar-refractivity contribution in [1.29, 1.82) is 0 Å². The highest BCUT2D eigenvalue weighted by atomic mass is 16.5. The van der Waals surface area contributed by atoms with Crippen LogP contribution in [0.1, 0.15) is 24.0 Å². The third-order valence-electron chi connectivity index (χ3n) is 5.77. The van der Waals surface area contributed by atoms with Crippen LogP contribution >= 0.6 is 0 Å². The third kappa shape index (κ3) is 4.48. The Morgan fingerprint density at radius 1 is 0.800 bits per heavy atom. The normalized spacial score (nSPS) is 21.6. The summed E-state index contributed by atoms with van der Waals surface area (Å²) < 4.78 is 28.3. The smallest absolute Gasteiger partial charge is 0.309 e. The Morgan fingerprint density at radius 2 is 1.37 bits per heavy atom. The number of ether oxygens (including phenoxy) is 5. The molecule has 0 unspecified atom stereocenters. The Bertz CT molecular complexity index is 893. The molecule has 0 amide bonds. The van der Waals surface area contributed by atoms with E-state index in [2.05, 4.69) is 0 Å². The summed E-state index contributed by atoms with van der Waals surface area (Å²) in [4.78, 5) is 12.5. The molecule has 1 fully saturated rings. The second-order valence-corrected chi connectivity index (χ2v) is 7.78. The van der Waals surface area contributed by atoms with E-state index in [4.69, 9.17) is 23.7 Å². The third-order valence-corrected chi connectivity index (χ3v) is 5.77. The molecule has 0 radical (unpaired) electrons. The van der Waals surface area contributed by atoms with E-state index in [-0.39, 0.29) is 17.8 Å². The second kappa shape index (κ2) is 9.28. The Morgan fingerprint density at radius 3 is 1.93 bits per heavy atom. The molecule has 4 bridgehead atoms. The fourth-order valence-corrected chi connectivity index (χ4v) is 4.10. The Labute approximate surface area is 177 Å². The van der Waals surface area contributed by atoms with Crippen molar-refractivity contribution in [3.63, 3.8) is 0 Å². The maximum atomic E-state index is 12.5. The van der Waals surface area contributed by atoms with Gasteiger partial charge in [0.15, 0.2) is 23.0 Å². The predicted octanol–water partition coefficient (Wildman–Crippen LogP) is 3.83. The molecule has 160 valence electrons. The molecule has 5 heterocycles. The first-order valence-corrected chi connectivity index (χ1v) is 10.4. The van der Waals surface area contributed by atoms with Crippen molar-refractivity contribution in [2.45, 2.75) is 25.7 Å². The molecular weight excluding hydrogens is 384 g/mol. The van der Waals surface area contributed by atoms with E-state index >= 15 is 0 Å². The fourth-order valence-electron chi connectivity index (χ4n) is 4.10. The summed E-state index contributed by atoms with van der Waals surface area (Å²) in [5.41, 5.74) is 2.14. The topological polar surface area (TPSA) is 63.2 Å². The molecule has 5 aliphatic heterocycles. The molecule has 0 aliphatic carbocycles. The molecule has 30 heavy (non-hydrogen) atoms. The minimum absolute atomic E-state index is 0.106. The number of carbonyl (C=O) groups is 1. The molecule has 0 spiro atoms. The number of hydrogen-bond acceptors (Lipinski definition) is 6. The van der Waals surface area contributed by atoms with Gasteiger partial charge in [-0.05, 0) is 61.1 Å². The largest absolute Gasteiger partial charge is 0.493 e. The highest BCUT2D eigenvalue weighted by Crippen LogP contribution is 2.35. The van der Waals surface area contributed by atoms with E-state index in [1.165, 1.54) is 0 Å². The van der Waals surface area contributed by atoms with Crippen LogP contribution in [0.2, 0.25) is 0 Å². The van der Waals surface area contributed by atoms with E-state index in [0.717, 1.165) is 36.1 Å². The summed E-state index contributed by atoms with van der Waals surface area (Å²) in [7, 11) is 3.28. The average molecular weight is 412 g/mol. The Kier molecular flexibility index (Phi) is 6.31. The van der Waals surface area contributed by atoms with E-state index in [1.807, 2.05) is 36.4 Å². The van der Waals surface area contributed by atoms with Gasteiger partial charge in [-0.15, -0.1) is 0 Å². The summed E-state index contributed by atoms with van der Waals surface area (Å²) in [6.45, 7) is 1.59. The van der Waals surface area contributed by atoms with Gasteiger partial charge >= 0.3 is 5.97 Å². The summed E-state index contributed by atoms with van der Waals surface area (Å²) in [5.74, 6) is 2.62. The van der Waals surface area contributed by atoms with Crippen LogP contribution in [-0.4, -0.2) is 40.0 Å². The maximum absolute atomic E-state index is 12.5. The zero-order valence-corrected chi connectivity index (χ0v) is 17.5. The van der Waals surface area contributed by atoms with Gasteiger partial charge in [-0.1, -0.05) is 12.1 Å². The zero-order valence-electron chi connectivity index (χ0n) is 17.5. The highest BCUT2D eigenvalue weighted by Gasteiger charge is 2.37. The molecule has 0 saturated carbocycles. The molecule has 6 nitrogen and oxygen atoms in total. The lowest BCUT2D eigenvalue weighted by molar-refractivity contribution is -0.141. The molecule has 2 atom stereocenters. The van der Waals surface area contributed by atoms with E-state index < -0.39 is 0 Å². The minimum atomic E-state index is -0.192. The van der Waals surface area contributed by atoms with Crippen molar-refractivity contribution in [2.24, 2.45) is 11.8 Å². The minimum Gasteiger partial charge on any atom is -0.493 e. The van der Waals surface area contributed by atoms with Gasteiger partial charge in [0.05, 0.1) is 40.0 Å². The van der Waals surface area contributed by atoms with Crippen molar-refractivity contribution in [3.8, 4) is 23.0 Å². The first-order chi connectivity index (χ1) is 14.7. The van der Waals surface area contributed by atoms with Crippen molar-refractivity contribution < 1.29 is 28.5 Å². The van der Waals surface area contributed by atoms with E-state index in [1.54, 1.807) is 14.2 Å². The van der Waals surface area contributed by atoms with Gasteiger partial charge in [0, 0.05) is 5.92 Å². The molecule has 0 N–H and O–H groups in total. The SMILES string of the molecule is COc1cc2ccc1OCCCCOc1ccc(cc1OC)C[C@H]1C(=O)OC[C@@H]1C2. The van der Waals surface area contributed by atoms with Crippen LogP contribution in [0.3, 0.4) is 0 Å². The maximum Gasteiger partial charge on any atom is 0.309 e. The van der Waals surface area contributed by atoms with Crippen LogP contribution in [0.15, 0.2) is 36.4 Å². The van der Waals surface area contributed by atoms with Crippen molar-refractivity contribution in [2.75, 3.05) is 34.0 Å². The standard InChI is InChI=1S/C24H28O6/c1-26-22-13-16-5-7-20(22)28-9-3-4-10-29-21-8-6-17(14-23(21)27-2)12-19-18(11-16)15-30-24(19)25/h5-8,13-14,18-19H,3-4,9-12,15H2,1-2H3/t18-,19+/m0/s1. The van der Waals surface area contributed by atoms with Gasteiger partial charge < -0.3 is 23.7 Å². The van der Waals surface area contributed by atoms with Crippen LogP contribution < -0.4 is 18.9 Å². The lowest BCUT2D eigenvalue weighted by Crippen LogP contribution is -2.20. The number of benzene rings is 2. The molecule has 5 aliphatic rings. The molecular formula is C24H28O6. The monoisotopic (exact) mass is 412 g/mol. The molecule has 2 aromatic carbocycles. The quantitative estimate of drug-likeness (QED) is 0.699. The van der Waals surface area contributed by atoms with Crippen molar-refractivity contribution in [3.05, 3.63) is 47.5 Å². The van der Waals surface area contributed by atoms with E-state index in [0.29, 0.717) is 43.5 Å². The van der Waals surface area contributed by atoms with Gasteiger partial charge in [-0.2, -0.15) is 0 Å². The number of methoxy groups -OCH3 is 2. The van der Waals surface area contributed by atoms with Gasteiger partial charge in [0.25, 0.3) is 0 Å². The number of esters is 1. The van der Waals surface area contributed by atoms with Gasteiger partial charge in [-0.3, -0.25) is 4.79 Å². The number of carbonyl (C=O) groups excluding carboxylic acids is 1. The average Bonchev–Trinajstić information content (AvgIpc) is 3.10. The molecule has 1 saturated heterocycles. The van der Waals surface area contributed by atoms with Crippen LogP contribution in [0.25, 0.3) is 0 Å². The van der Waals surface area contributed by atoms with Gasteiger partial charge in [0.1, 0.15) is 0 Å². The highest BCUT2D eigenvalue weighted by molar-refractivity contribution is 5.75. The number of rotatable bonds is 2. The zero-order chi connectivity index (χ0) is 20.9. The summed E-state index contributed by atoms with van der Waals surface area (Å²) >= 11 is 0. The lowest BCUT2D eigenvalue weighted by Gasteiger charge is -2.18. The van der Waals surface area contributed by atoms with Crippen molar-refractivity contribution >= 4 is 5.97 Å². The van der Waals surface area contributed by atoms with Gasteiger partial charge in [-0.25, -0.2) is 0 Å². The van der Waals surface area contributed by atoms with E-state index in [9.17, 15) is 4.79 Å². The Balaban J connectivity index is 1.63. The second-order valence-electron chi connectivity index (χ2n) is 7.78. The van der Waals surface area contributed by atoms with Crippen LogP contribution in [-0.2, 0) is 22.4 Å². The molecule has 2 aromatic rings. The lowest BCUT2D eigenvalue weighted by atomic mass is 9.85. The van der Waals surface area contributed by atoms with Crippen LogP contribution in [0, 0.1) is 11.8 Å². The summed E-state index contributed by atoms with van der Waals surface area (Å²) in [6.07, 6.45) is 3.08. The summed E-state index contributed by atoms with van der Waals surface area (Å²) in [5, 5.41) is 0. The molecule has 6 heteroatoms. The predicted molar refractivity (Wildman–Crippen MR) is 112 cm³/mol. The first-order valence-electron chi connectivity index (χ1n) is 10.4. The number of cyclic esters (lactones) is 1. The van der Waals surface area contributed by atoms with Crippen molar-refractivity contribution in [1.82, 2.24) is 0 Å². The fraction of sp³-hybridized carbons (Fsp3) is 0.458. The van der Waals surface area contributed by atoms with Crippen LogP contribution in [0.5, 0.6) is 23.0 Å².